The number of ether oxygens (including phenoxy) is 1. The van der Waals surface area contributed by atoms with Crippen LogP contribution in [0, 0.1) is 0 Å². The maximum Gasteiger partial charge on any atom is 0.573 e. The molecule has 0 aromatic heterocycles. The molecule has 2 aromatic rings. The van der Waals surface area contributed by atoms with Crippen molar-refractivity contribution in [3.8, 4) is 5.75 Å². The number of hydrogen-bond donors (Lipinski definition) is 0. The number of hydrazone groups is 1. The summed E-state index contributed by atoms with van der Waals surface area (Å²) in [5, 5.41) is 5.80. The summed E-state index contributed by atoms with van der Waals surface area (Å²) >= 11 is 0. The standard InChI is InChI=1S/C20H20F3N3O2/c1-25(13-16-9-5-6-10-18(16)28-20(21,22)23)14-19(27)26-12-11-17(24-26)15-7-3-2-4-8-15/h2-10H,11-14H2,1H3. The lowest BCUT2D eigenvalue weighted by Crippen LogP contribution is -2.34. The largest absolute Gasteiger partial charge is 0.573 e. The van der Waals surface area contributed by atoms with Gasteiger partial charge in [0.2, 0.25) is 0 Å². The number of carbonyl (C=O) groups is 1. The van der Waals surface area contributed by atoms with Gasteiger partial charge in [-0.05, 0) is 18.7 Å². The fourth-order valence-electron chi connectivity index (χ4n) is 2.99. The van der Waals surface area contributed by atoms with Crippen molar-refractivity contribution in [1.82, 2.24) is 9.91 Å². The number of amides is 1. The first-order valence-corrected chi connectivity index (χ1v) is 8.77. The number of nitrogens with zero attached hydrogens (tertiary/aromatic N) is 3. The highest BCUT2D eigenvalue weighted by atomic mass is 19.4. The second-order valence-corrected chi connectivity index (χ2v) is 6.51. The van der Waals surface area contributed by atoms with E-state index in [-0.39, 0.29) is 24.7 Å². The maximum atomic E-state index is 12.5. The molecule has 0 spiro atoms. The number of para-hydroxylation sites is 1. The number of alkyl halides is 3. The van der Waals surface area contributed by atoms with E-state index in [0.717, 1.165) is 11.3 Å². The van der Waals surface area contributed by atoms with Crippen molar-refractivity contribution >= 4 is 11.6 Å². The van der Waals surface area contributed by atoms with Gasteiger partial charge in [0, 0.05) is 18.5 Å². The van der Waals surface area contributed by atoms with Crippen LogP contribution in [-0.2, 0) is 11.3 Å². The van der Waals surface area contributed by atoms with Gasteiger partial charge in [0.15, 0.2) is 0 Å². The van der Waals surface area contributed by atoms with E-state index < -0.39 is 6.36 Å². The number of benzene rings is 2. The van der Waals surface area contributed by atoms with Gasteiger partial charge in [-0.1, -0.05) is 48.5 Å². The SMILES string of the molecule is CN(CC(=O)N1CCC(c2ccccc2)=N1)Cc1ccccc1OC(F)(F)F. The van der Waals surface area contributed by atoms with Gasteiger partial charge in [-0.25, -0.2) is 5.01 Å². The van der Waals surface area contributed by atoms with Crippen molar-refractivity contribution in [2.24, 2.45) is 5.10 Å². The zero-order valence-electron chi connectivity index (χ0n) is 15.3. The Bertz CT molecular complexity index is 853. The molecule has 5 nitrogen and oxygen atoms in total. The molecule has 0 unspecified atom stereocenters. The van der Waals surface area contributed by atoms with Gasteiger partial charge in [0.05, 0.1) is 18.8 Å². The van der Waals surface area contributed by atoms with Gasteiger partial charge in [-0.2, -0.15) is 5.10 Å². The van der Waals surface area contributed by atoms with Crippen LogP contribution in [0.1, 0.15) is 17.5 Å². The number of carbonyl (C=O) groups excluding carboxylic acids is 1. The molecular weight excluding hydrogens is 371 g/mol. The summed E-state index contributed by atoms with van der Waals surface area (Å²) in [6.45, 7) is 0.664. The molecule has 0 radical (unpaired) electrons. The van der Waals surface area contributed by atoms with Crippen LogP contribution in [0.5, 0.6) is 5.75 Å². The molecule has 2 aromatic carbocycles. The van der Waals surface area contributed by atoms with Gasteiger partial charge >= 0.3 is 6.36 Å². The molecule has 0 saturated carbocycles. The maximum absolute atomic E-state index is 12.5. The Morgan fingerprint density at radius 1 is 1.14 bits per heavy atom. The molecule has 1 heterocycles. The van der Waals surface area contributed by atoms with Crippen LogP contribution in [0.3, 0.4) is 0 Å². The topological polar surface area (TPSA) is 45.1 Å². The molecule has 1 amide bonds. The molecule has 0 fully saturated rings. The lowest BCUT2D eigenvalue weighted by molar-refractivity contribution is -0.275. The van der Waals surface area contributed by atoms with Crippen molar-refractivity contribution in [3.63, 3.8) is 0 Å². The van der Waals surface area contributed by atoms with Crippen molar-refractivity contribution in [2.75, 3.05) is 20.1 Å². The summed E-state index contributed by atoms with van der Waals surface area (Å²) in [6, 6.07) is 15.5. The number of likely N-dealkylation sites (N-methyl/N-ethyl adjacent to an activating group) is 1. The highest BCUT2D eigenvalue weighted by molar-refractivity contribution is 6.02. The molecule has 0 saturated heterocycles. The first-order chi connectivity index (χ1) is 13.3. The van der Waals surface area contributed by atoms with Crippen LogP contribution in [0.2, 0.25) is 0 Å². The Kier molecular flexibility index (Phi) is 5.99. The van der Waals surface area contributed by atoms with Crippen molar-refractivity contribution < 1.29 is 22.7 Å². The predicted molar refractivity (Wildman–Crippen MR) is 98.8 cm³/mol. The third-order valence-electron chi connectivity index (χ3n) is 4.24. The van der Waals surface area contributed by atoms with Crippen LogP contribution < -0.4 is 4.74 Å². The van der Waals surface area contributed by atoms with Crippen LogP contribution in [0.15, 0.2) is 59.7 Å². The smallest absolute Gasteiger partial charge is 0.405 e. The summed E-state index contributed by atoms with van der Waals surface area (Å²) in [4.78, 5) is 14.1. The van der Waals surface area contributed by atoms with E-state index in [2.05, 4.69) is 9.84 Å². The van der Waals surface area contributed by atoms with E-state index >= 15 is 0 Å². The van der Waals surface area contributed by atoms with Gasteiger partial charge in [0.25, 0.3) is 5.91 Å². The van der Waals surface area contributed by atoms with Crippen molar-refractivity contribution in [3.05, 3.63) is 65.7 Å². The fraction of sp³-hybridized carbons (Fsp3) is 0.300. The quantitative estimate of drug-likeness (QED) is 0.755. The third-order valence-corrected chi connectivity index (χ3v) is 4.24. The van der Waals surface area contributed by atoms with Crippen LogP contribution >= 0.6 is 0 Å². The second kappa shape index (κ2) is 8.43. The van der Waals surface area contributed by atoms with Crippen LogP contribution in [0.25, 0.3) is 0 Å². The zero-order valence-corrected chi connectivity index (χ0v) is 15.3. The molecule has 28 heavy (non-hydrogen) atoms. The lowest BCUT2D eigenvalue weighted by atomic mass is 10.1. The summed E-state index contributed by atoms with van der Waals surface area (Å²) in [6.07, 6.45) is -4.09. The Balaban J connectivity index is 1.61. The van der Waals surface area contributed by atoms with Gasteiger partial charge in [-0.15, -0.1) is 13.2 Å². The number of hydrogen-bond acceptors (Lipinski definition) is 4. The number of rotatable bonds is 6. The average molecular weight is 391 g/mol. The average Bonchev–Trinajstić information content (AvgIpc) is 3.13. The predicted octanol–water partition coefficient (Wildman–Crippen LogP) is 3.65. The lowest BCUT2D eigenvalue weighted by Gasteiger charge is -2.21. The molecule has 0 atom stereocenters. The molecule has 0 N–H and O–H groups in total. The van der Waals surface area contributed by atoms with Crippen LogP contribution in [0.4, 0.5) is 13.2 Å². The Labute approximate surface area is 161 Å². The summed E-state index contributed by atoms with van der Waals surface area (Å²) in [5.41, 5.74) is 2.18. The molecule has 1 aliphatic heterocycles. The van der Waals surface area contributed by atoms with Crippen molar-refractivity contribution in [2.45, 2.75) is 19.3 Å². The monoisotopic (exact) mass is 391 g/mol. The van der Waals surface area contributed by atoms with Gasteiger partial charge in [-0.3, -0.25) is 9.69 Å². The molecule has 148 valence electrons. The summed E-state index contributed by atoms with van der Waals surface area (Å²) in [5.74, 6) is -0.470. The van der Waals surface area contributed by atoms with E-state index in [4.69, 9.17) is 0 Å². The van der Waals surface area contributed by atoms with E-state index in [1.54, 1.807) is 24.1 Å². The molecule has 0 bridgehead atoms. The second-order valence-electron chi connectivity index (χ2n) is 6.51. The van der Waals surface area contributed by atoms with E-state index in [1.165, 1.54) is 17.1 Å². The van der Waals surface area contributed by atoms with Gasteiger partial charge in [0.1, 0.15) is 5.75 Å². The first kappa shape index (κ1) is 19.9. The highest BCUT2D eigenvalue weighted by Crippen LogP contribution is 2.27. The number of halogens is 3. The highest BCUT2D eigenvalue weighted by Gasteiger charge is 2.32. The minimum atomic E-state index is -4.76. The Morgan fingerprint density at radius 3 is 2.54 bits per heavy atom. The van der Waals surface area contributed by atoms with E-state index in [1.807, 2.05) is 30.3 Å². The van der Waals surface area contributed by atoms with Gasteiger partial charge < -0.3 is 4.74 Å². The molecule has 8 heteroatoms. The fourth-order valence-corrected chi connectivity index (χ4v) is 2.99. The normalized spacial score (nSPS) is 14.3. The first-order valence-electron chi connectivity index (χ1n) is 8.77. The van der Waals surface area contributed by atoms with E-state index in [9.17, 15) is 18.0 Å². The zero-order chi connectivity index (χ0) is 20.1. The van der Waals surface area contributed by atoms with Crippen LogP contribution in [-0.4, -0.2) is 48.0 Å². The Morgan fingerprint density at radius 2 is 1.82 bits per heavy atom. The minimum Gasteiger partial charge on any atom is -0.405 e. The minimum absolute atomic E-state index is 0.0337. The molecular formula is C20H20F3N3O2. The Hall–Kier alpha value is -2.87. The summed E-state index contributed by atoms with van der Waals surface area (Å²) in [7, 11) is 1.67. The molecule has 1 aliphatic rings. The van der Waals surface area contributed by atoms with E-state index in [0.29, 0.717) is 18.5 Å². The third kappa shape index (κ3) is 5.32. The van der Waals surface area contributed by atoms with Crippen molar-refractivity contribution in [1.29, 1.82) is 0 Å². The summed E-state index contributed by atoms with van der Waals surface area (Å²) < 4.78 is 41.7. The molecule has 3 rings (SSSR count). The molecule has 0 aliphatic carbocycles.